The molecule has 1 nitrogen and oxygen atoms in total. The van der Waals surface area contributed by atoms with Crippen molar-refractivity contribution in [1.29, 1.82) is 0 Å². The lowest BCUT2D eigenvalue weighted by Gasteiger charge is -2.21. The summed E-state index contributed by atoms with van der Waals surface area (Å²) in [6.45, 7) is 9.42. The van der Waals surface area contributed by atoms with Gasteiger partial charge in [0, 0.05) is 6.04 Å². The second-order valence-electron chi connectivity index (χ2n) is 4.75. The molecule has 1 aliphatic rings. The van der Waals surface area contributed by atoms with Crippen molar-refractivity contribution >= 4 is 0 Å². The Bertz CT molecular complexity index is 155. The highest BCUT2D eigenvalue weighted by Gasteiger charge is 2.51. The molecule has 12 heavy (non-hydrogen) atoms. The average Bonchev–Trinajstić information content (AvgIpc) is 2.76. The van der Waals surface area contributed by atoms with Gasteiger partial charge in [-0.25, -0.2) is 0 Å². The van der Waals surface area contributed by atoms with E-state index in [1.807, 2.05) is 0 Å². The Labute approximate surface area is 76.9 Å². The molecule has 1 fully saturated rings. The maximum Gasteiger partial charge on any atom is 0.00642 e. The lowest BCUT2D eigenvalue weighted by molar-refractivity contribution is 0.324. The van der Waals surface area contributed by atoms with Crippen LogP contribution in [0.15, 0.2) is 0 Å². The summed E-state index contributed by atoms with van der Waals surface area (Å²) in [5, 5.41) is 3.35. The molecule has 1 aliphatic carbocycles. The molecule has 0 aromatic carbocycles. The van der Waals surface area contributed by atoms with E-state index < -0.39 is 0 Å². The Kier molecular flexibility index (Phi) is 2.82. The quantitative estimate of drug-likeness (QED) is 0.682. The van der Waals surface area contributed by atoms with Crippen LogP contribution in [0.5, 0.6) is 0 Å². The molecule has 0 heterocycles. The third-order valence-corrected chi connectivity index (χ3v) is 4.11. The van der Waals surface area contributed by atoms with Gasteiger partial charge in [0.1, 0.15) is 0 Å². The first kappa shape index (κ1) is 10.0. The highest BCUT2D eigenvalue weighted by molar-refractivity contribution is 5.01. The predicted octanol–water partition coefficient (Wildman–Crippen LogP) is 2.67. The van der Waals surface area contributed by atoms with E-state index in [1.54, 1.807) is 0 Å². The van der Waals surface area contributed by atoms with Crippen molar-refractivity contribution in [2.45, 2.75) is 46.6 Å². The Hall–Kier alpha value is -0.0400. The molecule has 2 unspecified atom stereocenters. The van der Waals surface area contributed by atoms with Crippen LogP contribution in [0.25, 0.3) is 0 Å². The molecule has 0 saturated heterocycles. The lowest BCUT2D eigenvalue weighted by Crippen LogP contribution is -2.30. The van der Waals surface area contributed by atoms with Gasteiger partial charge in [-0.3, -0.25) is 0 Å². The van der Waals surface area contributed by atoms with Gasteiger partial charge in [0.15, 0.2) is 0 Å². The maximum atomic E-state index is 3.35. The average molecular weight is 169 g/mol. The number of hydrogen-bond donors (Lipinski definition) is 1. The molecular formula is C11H23N. The molecule has 72 valence electrons. The normalized spacial score (nSPS) is 39.2. The summed E-state index contributed by atoms with van der Waals surface area (Å²) in [4.78, 5) is 0. The van der Waals surface area contributed by atoms with Gasteiger partial charge in [0.2, 0.25) is 0 Å². The second kappa shape index (κ2) is 3.37. The van der Waals surface area contributed by atoms with Gasteiger partial charge in [-0.15, -0.1) is 0 Å². The zero-order valence-electron chi connectivity index (χ0n) is 9.15. The third kappa shape index (κ3) is 1.66. The summed E-state index contributed by atoms with van der Waals surface area (Å²) in [7, 11) is 2.06. The van der Waals surface area contributed by atoms with E-state index in [1.165, 1.54) is 12.8 Å². The highest BCUT2D eigenvalue weighted by atomic mass is 14.9. The van der Waals surface area contributed by atoms with Gasteiger partial charge in [-0.05, 0) is 37.6 Å². The number of hydrogen-bond acceptors (Lipinski definition) is 1. The SMILES string of the molecule is CCC1(C)CC1[C@H](C)[C@@H](C)NC. The van der Waals surface area contributed by atoms with Gasteiger partial charge in [0.25, 0.3) is 0 Å². The van der Waals surface area contributed by atoms with Gasteiger partial charge in [-0.2, -0.15) is 0 Å². The zero-order valence-corrected chi connectivity index (χ0v) is 9.15. The highest BCUT2D eigenvalue weighted by Crippen LogP contribution is 2.58. The molecule has 0 spiro atoms. The van der Waals surface area contributed by atoms with Crippen molar-refractivity contribution in [1.82, 2.24) is 5.32 Å². The summed E-state index contributed by atoms with van der Waals surface area (Å²) in [6, 6.07) is 0.670. The van der Waals surface area contributed by atoms with Crippen molar-refractivity contribution in [3.05, 3.63) is 0 Å². The number of nitrogens with one attached hydrogen (secondary N) is 1. The van der Waals surface area contributed by atoms with Gasteiger partial charge in [0.05, 0.1) is 0 Å². The minimum atomic E-state index is 0.670. The smallest absolute Gasteiger partial charge is 0.00642 e. The first-order valence-corrected chi connectivity index (χ1v) is 5.22. The maximum absolute atomic E-state index is 3.35. The van der Waals surface area contributed by atoms with Crippen molar-refractivity contribution in [2.75, 3.05) is 7.05 Å². The fraction of sp³-hybridized carbons (Fsp3) is 1.00. The van der Waals surface area contributed by atoms with E-state index >= 15 is 0 Å². The van der Waals surface area contributed by atoms with Crippen LogP contribution in [0, 0.1) is 17.3 Å². The topological polar surface area (TPSA) is 12.0 Å². The van der Waals surface area contributed by atoms with Crippen LogP contribution in [0.2, 0.25) is 0 Å². The minimum Gasteiger partial charge on any atom is -0.317 e. The Morgan fingerprint density at radius 3 is 2.42 bits per heavy atom. The number of rotatable bonds is 4. The van der Waals surface area contributed by atoms with Crippen LogP contribution in [-0.4, -0.2) is 13.1 Å². The predicted molar refractivity (Wildman–Crippen MR) is 54.2 cm³/mol. The molecule has 1 rings (SSSR count). The Morgan fingerprint density at radius 2 is 2.08 bits per heavy atom. The van der Waals surface area contributed by atoms with E-state index in [0.29, 0.717) is 11.5 Å². The molecule has 1 saturated carbocycles. The van der Waals surface area contributed by atoms with Gasteiger partial charge >= 0.3 is 0 Å². The first-order valence-electron chi connectivity index (χ1n) is 5.22. The molecule has 1 N–H and O–H groups in total. The van der Waals surface area contributed by atoms with E-state index in [9.17, 15) is 0 Å². The van der Waals surface area contributed by atoms with E-state index in [0.717, 1.165) is 11.8 Å². The lowest BCUT2D eigenvalue weighted by atomic mass is 9.91. The molecule has 1 heteroatoms. The largest absolute Gasteiger partial charge is 0.317 e. The molecule has 0 aromatic heterocycles. The monoisotopic (exact) mass is 169 g/mol. The van der Waals surface area contributed by atoms with Crippen LogP contribution in [0.4, 0.5) is 0 Å². The fourth-order valence-electron chi connectivity index (χ4n) is 2.28. The third-order valence-electron chi connectivity index (χ3n) is 4.11. The summed E-state index contributed by atoms with van der Waals surface area (Å²) >= 11 is 0. The molecule has 4 atom stereocenters. The van der Waals surface area contributed by atoms with Crippen LogP contribution in [0.1, 0.15) is 40.5 Å². The van der Waals surface area contributed by atoms with Crippen molar-refractivity contribution in [3.63, 3.8) is 0 Å². The van der Waals surface area contributed by atoms with Crippen molar-refractivity contribution < 1.29 is 0 Å². The molecule has 0 bridgehead atoms. The summed E-state index contributed by atoms with van der Waals surface area (Å²) < 4.78 is 0. The molecule has 0 aromatic rings. The Morgan fingerprint density at radius 1 is 1.50 bits per heavy atom. The van der Waals surface area contributed by atoms with Crippen LogP contribution in [-0.2, 0) is 0 Å². The van der Waals surface area contributed by atoms with E-state index in [4.69, 9.17) is 0 Å². The fourth-order valence-corrected chi connectivity index (χ4v) is 2.28. The van der Waals surface area contributed by atoms with Crippen molar-refractivity contribution in [2.24, 2.45) is 17.3 Å². The molecular weight excluding hydrogens is 146 g/mol. The zero-order chi connectivity index (χ0) is 9.35. The van der Waals surface area contributed by atoms with Gasteiger partial charge in [-0.1, -0.05) is 27.2 Å². The van der Waals surface area contributed by atoms with E-state index in [-0.39, 0.29) is 0 Å². The van der Waals surface area contributed by atoms with Crippen LogP contribution >= 0.6 is 0 Å². The Balaban J connectivity index is 2.42. The van der Waals surface area contributed by atoms with Crippen LogP contribution in [0.3, 0.4) is 0 Å². The summed E-state index contributed by atoms with van der Waals surface area (Å²) in [6.07, 6.45) is 2.79. The molecule has 0 radical (unpaired) electrons. The summed E-state index contributed by atoms with van der Waals surface area (Å²) in [5.74, 6) is 1.80. The first-order chi connectivity index (χ1) is 5.55. The van der Waals surface area contributed by atoms with E-state index in [2.05, 4.69) is 40.1 Å². The molecule has 0 aliphatic heterocycles. The molecule has 0 amide bonds. The second-order valence-corrected chi connectivity index (χ2v) is 4.75. The van der Waals surface area contributed by atoms with Gasteiger partial charge < -0.3 is 5.32 Å². The van der Waals surface area contributed by atoms with Crippen LogP contribution < -0.4 is 5.32 Å². The minimum absolute atomic E-state index is 0.670. The summed E-state index contributed by atoms with van der Waals surface area (Å²) in [5.41, 5.74) is 0.671. The standard InChI is InChI=1S/C11H23N/c1-6-11(4)7-10(11)8(2)9(3)12-5/h8-10,12H,6-7H2,1-5H3/t8-,9-,10?,11?/m1/s1. The van der Waals surface area contributed by atoms with Crippen molar-refractivity contribution in [3.8, 4) is 0 Å².